The molecule has 0 spiro atoms. The molecule has 2 aromatic heterocycles. The first kappa shape index (κ1) is 9.73. The van der Waals surface area contributed by atoms with E-state index in [0.29, 0.717) is 13.1 Å². The topological polar surface area (TPSA) is 61.2 Å². The molecule has 4 heteroatoms. The van der Waals surface area contributed by atoms with Crippen molar-refractivity contribution in [3.8, 4) is 0 Å². The zero-order valence-electron chi connectivity index (χ0n) is 8.22. The Kier molecular flexibility index (Phi) is 2.69. The molecule has 0 atom stereocenters. The first-order valence-electron chi connectivity index (χ1n) is 4.73. The minimum absolute atomic E-state index is 0.0387. The Balaban J connectivity index is 2.22. The third kappa shape index (κ3) is 2.16. The van der Waals surface area contributed by atoms with Crippen molar-refractivity contribution in [2.45, 2.75) is 13.1 Å². The Morgan fingerprint density at radius 1 is 1.20 bits per heavy atom. The predicted molar refractivity (Wildman–Crippen MR) is 56.4 cm³/mol. The SMILES string of the molecule is NCc1ccc(Cn2ccccc2=O)o1. The summed E-state index contributed by atoms with van der Waals surface area (Å²) in [5.74, 6) is 1.47. The maximum Gasteiger partial charge on any atom is 0.250 e. The molecular weight excluding hydrogens is 192 g/mol. The van der Waals surface area contributed by atoms with E-state index in [0.717, 1.165) is 11.5 Å². The van der Waals surface area contributed by atoms with Crippen LogP contribution in [0.5, 0.6) is 0 Å². The standard InChI is InChI=1S/C11H12N2O2/c12-7-9-4-5-10(15-9)8-13-6-2-1-3-11(13)14/h1-6H,7-8,12H2. The van der Waals surface area contributed by atoms with Crippen molar-refractivity contribution in [3.05, 3.63) is 58.4 Å². The Morgan fingerprint density at radius 3 is 2.67 bits per heavy atom. The molecule has 0 unspecified atom stereocenters. The largest absolute Gasteiger partial charge is 0.463 e. The van der Waals surface area contributed by atoms with Gasteiger partial charge in [-0.1, -0.05) is 6.07 Å². The summed E-state index contributed by atoms with van der Waals surface area (Å²) in [6.07, 6.45) is 1.73. The van der Waals surface area contributed by atoms with Gasteiger partial charge < -0.3 is 14.7 Å². The molecule has 0 saturated heterocycles. The van der Waals surface area contributed by atoms with Gasteiger partial charge >= 0.3 is 0 Å². The number of rotatable bonds is 3. The van der Waals surface area contributed by atoms with Crippen molar-refractivity contribution in [2.75, 3.05) is 0 Å². The van der Waals surface area contributed by atoms with Crippen LogP contribution in [0.1, 0.15) is 11.5 Å². The molecule has 0 aliphatic carbocycles. The second-order valence-corrected chi connectivity index (χ2v) is 3.24. The second kappa shape index (κ2) is 4.14. The third-order valence-electron chi connectivity index (χ3n) is 2.14. The summed E-state index contributed by atoms with van der Waals surface area (Å²) in [6, 6.07) is 8.71. The van der Waals surface area contributed by atoms with Crippen LogP contribution < -0.4 is 11.3 Å². The Labute approximate surface area is 86.9 Å². The van der Waals surface area contributed by atoms with Crippen molar-refractivity contribution in [1.29, 1.82) is 0 Å². The molecule has 0 aliphatic heterocycles. The van der Waals surface area contributed by atoms with Gasteiger partial charge in [0.15, 0.2) is 0 Å². The molecule has 0 aromatic carbocycles. The van der Waals surface area contributed by atoms with Crippen LogP contribution in [-0.2, 0) is 13.1 Å². The number of hydrogen-bond acceptors (Lipinski definition) is 3. The number of nitrogens with zero attached hydrogens (tertiary/aromatic N) is 1. The third-order valence-corrected chi connectivity index (χ3v) is 2.14. The van der Waals surface area contributed by atoms with Crippen molar-refractivity contribution in [2.24, 2.45) is 5.73 Å². The van der Waals surface area contributed by atoms with Gasteiger partial charge in [-0.3, -0.25) is 4.79 Å². The van der Waals surface area contributed by atoms with E-state index in [1.165, 1.54) is 6.07 Å². The summed E-state index contributed by atoms with van der Waals surface area (Å²) < 4.78 is 6.99. The molecule has 2 aromatic rings. The molecule has 2 N–H and O–H groups in total. The Bertz CT molecular complexity index is 499. The van der Waals surface area contributed by atoms with Crippen LogP contribution in [0.2, 0.25) is 0 Å². The fourth-order valence-electron chi connectivity index (χ4n) is 1.38. The maximum absolute atomic E-state index is 11.4. The maximum atomic E-state index is 11.4. The molecular formula is C11H12N2O2. The van der Waals surface area contributed by atoms with Crippen LogP contribution in [-0.4, -0.2) is 4.57 Å². The number of aromatic nitrogens is 1. The van der Waals surface area contributed by atoms with Gasteiger partial charge in [0.2, 0.25) is 0 Å². The lowest BCUT2D eigenvalue weighted by Gasteiger charge is -2.01. The molecule has 2 rings (SSSR count). The van der Waals surface area contributed by atoms with E-state index in [2.05, 4.69) is 0 Å². The van der Waals surface area contributed by atoms with Crippen LogP contribution >= 0.6 is 0 Å². The lowest BCUT2D eigenvalue weighted by Crippen LogP contribution is -2.17. The fraction of sp³-hybridized carbons (Fsp3) is 0.182. The zero-order chi connectivity index (χ0) is 10.7. The molecule has 0 bridgehead atoms. The van der Waals surface area contributed by atoms with E-state index in [-0.39, 0.29) is 5.56 Å². The lowest BCUT2D eigenvalue weighted by atomic mass is 10.4. The molecule has 0 radical (unpaired) electrons. The number of hydrogen-bond donors (Lipinski definition) is 1. The van der Waals surface area contributed by atoms with Crippen molar-refractivity contribution < 1.29 is 4.42 Å². The molecule has 78 valence electrons. The van der Waals surface area contributed by atoms with Gasteiger partial charge in [0.1, 0.15) is 11.5 Å². The van der Waals surface area contributed by atoms with Gasteiger partial charge in [-0.25, -0.2) is 0 Å². The summed E-state index contributed by atoms with van der Waals surface area (Å²) in [7, 11) is 0. The molecule has 2 heterocycles. The first-order chi connectivity index (χ1) is 7.29. The van der Waals surface area contributed by atoms with Crippen LogP contribution in [0.25, 0.3) is 0 Å². The van der Waals surface area contributed by atoms with E-state index < -0.39 is 0 Å². The summed E-state index contributed by atoms with van der Waals surface area (Å²) in [5.41, 5.74) is 5.39. The minimum Gasteiger partial charge on any atom is -0.463 e. The van der Waals surface area contributed by atoms with Crippen LogP contribution in [0.3, 0.4) is 0 Å². The molecule has 0 saturated carbocycles. The van der Waals surface area contributed by atoms with E-state index in [1.807, 2.05) is 18.2 Å². The van der Waals surface area contributed by atoms with Crippen molar-refractivity contribution in [3.63, 3.8) is 0 Å². The van der Waals surface area contributed by atoms with E-state index >= 15 is 0 Å². The summed E-state index contributed by atoms with van der Waals surface area (Å²) >= 11 is 0. The van der Waals surface area contributed by atoms with Crippen LogP contribution in [0.15, 0.2) is 45.7 Å². The molecule has 15 heavy (non-hydrogen) atoms. The van der Waals surface area contributed by atoms with Gasteiger partial charge in [-0.15, -0.1) is 0 Å². The number of pyridine rings is 1. The van der Waals surface area contributed by atoms with Crippen LogP contribution in [0, 0.1) is 0 Å². The van der Waals surface area contributed by atoms with Gasteiger partial charge in [0.25, 0.3) is 5.56 Å². The monoisotopic (exact) mass is 204 g/mol. The zero-order valence-corrected chi connectivity index (χ0v) is 8.22. The van der Waals surface area contributed by atoms with Gasteiger partial charge in [0, 0.05) is 12.3 Å². The average Bonchev–Trinajstić information content (AvgIpc) is 2.69. The van der Waals surface area contributed by atoms with Gasteiger partial charge in [-0.2, -0.15) is 0 Å². The first-order valence-corrected chi connectivity index (χ1v) is 4.73. The highest BCUT2D eigenvalue weighted by Crippen LogP contribution is 2.07. The Hall–Kier alpha value is -1.81. The number of nitrogens with two attached hydrogens (primary N) is 1. The minimum atomic E-state index is -0.0387. The second-order valence-electron chi connectivity index (χ2n) is 3.24. The van der Waals surface area contributed by atoms with Crippen molar-refractivity contribution >= 4 is 0 Å². The Morgan fingerprint density at radius 2 is 2.00 bits per heavy atom. The average molecular weight is 204 g/mol. The highest BCUT2D eigenvalue weighted by molar-refractivity contribution is 5.08. The molecule has 4 nitrogen and oxygen atoms in total. The molecule has 0 amide bonds. The van der Waals surface area contributed by atoms with Crippen molar-refractivity contribution in [1.82, 2.24) is 4.57 Å². The smallest absolute Gasteiger partial charge is 0.250 e. The fourth-order valence-corrected chi connectivity index (χ4v) is 1.38. The quantitative estimate of drug-likeness (QED) is 0.809. The van der Waals surface area contributed by atoms with Crippen LogP contribution in [0.4, 0.5) is 0 Å². The summed E-state index contributed by atoms with van der Waals surface area (Å²) in [6.45, 7) is 0.823. The van der Waals surface area contributed by atoms with Gasteiger partial charge in [0.05, 0.1) is 13.1 Å². The predicted octanol–water partition coefficient (Wildman–Crippen LogP) is 0.948. The van der Waals surface area contributed by atoms with E-state index in [4.69, 9.17) is 10.2 Å². The normalized spacial score (nSPS) is 10.5. The number of furan rings is 1. The van der Waals surface area contributed by atoms with Gasteiger partial charge in [-0.05, 0) is 18.2 Å². The highest BCUT2D eigenvalue weighted by atomic mass is 16.3. The molecule has 0 aliphatic rings. The highest BCUT2D eigenvalue weighted by Gasteiger charge is 2.01. The summed E-state index contributed by atoms with van der Waals surface area (Å²) in [5, 5.41) is 0. The lowest BCUT2D eigenvalue weighted by molar-refractivity contribution is 0.452. The van der Waals surface area contributed by atoms with E-state index in [1.54, 1.807) is 16.8 Å². The molecule has 0 fully saturated rings. The summed E-state index contributed by atoms with van der Waals surface area (Å²) in [4.78, 5) is 11.4. The van der Waals surface area contributed by atoms with E-state index in [9.17, 15) is 4.79 Å².